The number of piperazine rings is 1. The highest BCUT2D eigenvalue weighted by atomic mass is 32.1. The lowest BCUT2D eigenvalue weighted by atomic mass is 10.1. The van der Waals surface area contributed by atoms with Gasteiger partial charge in [-0.05, 0) is 13.5 Å². The van der Waals surface area contributed by atoms with Gasteiger partial charge in [0.2, 0.25) is 0 Å². The molecule has 1 saturated heterocycles. The number of aliphatic carboxylic acids is 1. The van der Waals surface area contributed by atoms with Gasteiger partial charge in [0.25, 0.3) is 0 Å². The molecule has 2 atom stereocenters. The van der Waals surface area contributed by atoms with E-state index in [1.807, 2.05) is 0 Å². The molecule has 1 aliphatic rings. The van der Waals surface area contributed by atoms with Crippen LogP contribution in [0.5, 0.6) is 0 Å². The van der Waals surface area contributed by atoms with E-state index in [0.717, 1.165) is 31.2 Å². The highest BCUT2D eigenvalue weighted by Gasteiger charge is 2.26. The van der Waals surface area contributed by atoms with Crippen molar-refractivity contribution in [2.75, 3.05) is 31.6 Å². The quantitative estimate of drug-likeness (QED) is 0.849. The number of hydrogen-bond acceptors (Lipinski definition) is 6. The Morgan fingerprint density at radius 1 is 1.68 bits per heavy atom. The van der Waals surface area contributed by atoms with E-state index < -0.39 is 12.0 Å². The molecular formula is C12H20N4O2S. The molecule has 0 amide bonds. The van der Waals surface area contributed by atoms with Crippen molar-refractivity contribution in [1.82, 2.24) is 9.88 Å². The summed E-state index contributed by atoms with van der Waals surface area (Å²) >= 11 is 1.47. The molecule has 2 heterocycles. The van der Waals surface area contributed by atoms with Crippen molar-refractivity contribution in [2.45, 2.75) is 25.4 Å². The first-order chi connectivity index (χ1) is 9.02. The van der Waals surface area contributed by atoms with E-state index in [1.165, 1.54) is 11.3 Å². The lowest BCUT2D eigenvalue weighted by molar-refractivity contribution is -0.138. The Morgan fingerprint density at radius 2 is 2.42 bits per heavy atom. The van der Waals surface area contributed by atoms with E-state index in [2.05, 4.69) is 28.8 Å². The summed E-state index contributed by atoms with van der Waals surface area (Å²) < 4.78 is 0. The van der Waals surface area contributed by atoms with Gasteiger partial charge in [0, 0.05) is 31.1 Å². The van der Waals surface area contributed by atoms with Gasteiger partial charge in [-0.25, -0.2) is 4.98 Å². The first kappa shape index (κ1) is 14.2. The Kier molecular flexibility index (Phi) is 4.38. The number of thiazole rings is 1. The third kappa shape index (κ3) is 3.05. The third-order valence-electron chi connectivity index (χ3n) is 3.61. The molecule has 106 valence electrons. The van der Waals surface area contributed by atoms with E-state index in [4.69, 9.17) is 10.8 Å². The van der Waals surface area contributed by atoms with Crippen LogP contribution >= 0.6 is 11.3 Å². The molecule has 1 aromatic heterocycles. The average Bonchev–Trinajstić information content (AvgIpc) is 2.87. The number of aromatic nitrogens is 1. The van der Waals surface area contributed by atoms with Gasteiger partial charge in [0.15, 0.2) is 5.13 Å². The van der Waals surface area contributed by atoms with Gasteiger partial charge in [-0.2, -0.15) is 0 Å². The zero-order chi connectivity index (χ0) is 14.0. The second-order valence-electron chi connectivity index (χ2n) is 4.86. The molecule has 0 aromatic carbocycles. The summed E-state index contributed by atoms with van der Waals surface area (Å²) in [6, 6.07) is -0.506. The molecule has 1 aliphatic heterocycles. The molecule has 1 fully saturated rings. The zero-order valence-corrected chi connectivity index (χ0v) is 12.1. The molecule has 0 radical (unpaired) electrons. The van der Waals surface area contributed by atoms with Gasteiger partial charge < -0.3 is 15.7 Å². The van der Waals surface area contributed by atoms with Crippen molar-refractivity contribution in [3.63, 3.8) is 0 Å². The van der Waals surface area contributed by atoms with Crippen LogP contribution in [-0.4, -0.2) is 53.7 Å². The van der Waals surface area contributed by atoms with E-state index in [0.29, 0.717) is 11.7 Å². The number of nitrogens with two attached hydrogens (primary N) is 1. The van der Waals surface area contributed by atoms with Gasteiger partial charge in [-0.1, -0.05) is 6.92 Å². The summed E-state index contributed by atoms with van der Waals surface area (Å²) in [7, 11) is 2.14. The van der Waals surface area contributed by atoms with E-state index in [9.17, 15) is 4.79 Å². The summed E-state index contributed by atoms with van der Waals surface area (Å²) in [5, 5.41) is 11.5. The largest absolute Gasteiger partial charge is 0.480 e. The van der Waals surface area contributed by atoms with Gasteiger partial charge >= 0.3 is 5.97 Å². The summed E-state index contributed by atoms with van der Waals surface area (Å²) in [6.07, 6.45) is 1.10. The fourth-order valence-corrected chi connectivity index (χ4v) is 3.15. The number of anilines is 1. The monoisotopic (exact) mass is 284 g/mol. The number of rotatable bonds is 4. The van der Waals surface area contributed by atoms with Crippen LogP contribution in [0.3, 0.4) is 0 Å². The topological polar surface area (TPSA) is 82.7 Å². The molecule has 0 spiro atoms. The van der Waals surface area contributed by atoms with Crippen LogP contribution in [0.1, 0.15) is 25.1 Å². The third-order valence-corrected chi connectivity index (χ3v) is 4.53. The van der Waals surface area contributed by atoms with Crippen LogP contribution in [0.4, 0.5) is 5.13 Å². The van der Waals surface area contributed by atoms with Crippen molar-refractivity contribution in [3.8, 4) is 0 Å². The van der Waals surface area contributed by atoms with E-state index in [-0.39, 0.29) is 0 Å². The van der Waals surface area contributed by atoms with Crippen molar-refractivity contribution in [1.29, 1.82) is 0 Å². The van der Waals surface area contributed by atoms with E-state index in [1.54, 1.807) is 5.38 Å². The van der Waals surface area contributed by atoms with Crippen LogP contribution in [0.2, 0.25) is 0 Å². The molecule has 2 unspecified atom stereocenters. The van der Waals surface area contributed by atoms with E-state index >= 15 is 0 Å². The number of carbonyl (C=O) groups is 1. The smallest absolute Gasteiger partial charge is 0.326 e. The first-order valence-electron chi connectivity index (χ1n) is 6.42. The Morgan fingerprint density at radius 3 is 3.05 bits per heavy atom. The summed E-state index contributed by atoms with van der Waals surface area (Å²) in [6.45, 7) is 5.03. The first-order valence-corrected chi connectivity index (χ1v) is 7.30. The highest BCUT2D eigenvalue weighted by Crippen LogP contribution is 2.26. The molecule has 0 bridgehead atoms. The molecule has 3 N–H and O–H groups in total. The molecular weight excluding hydrogens is 264 g/mol. The molecule has 7 heteroatoms. The second kappa shape index (κ2) is 5.85. The Bertz CT molecular complexity index is 451. The van der Waals surface area contributed by atoms with Gasteiger partial charge in [-0.15, -0.1) is 11.3 Å². The van der Waals surface area contributed by atoms with Gasteiger partial charge in [-0.3, -0.25) is 9.69 Å². The summed E-state index contributed by atoms with van der Waals surface area (Å²) in [5.74, 6) is -1.04. The Balaban J connectivity index is 2.08. The number of hydrogen-bond donors (Lipinski definition) is 2. The highest BCUT2D eigenvalue weighted by molar-refractivity contribution is 7.13. The van der Waals surface area contributed by atoms with Crippen LogP contribution in [-0.2, 0) is 4.79 Å². The summed E-state index contributed by atoms with van der Waals surface area (Å²) in [5.41, 5.74) is 6.02. The number of carboxylic acid groups (broad SMARTS) is 1. The van der Waals surface area contributed by atoms with Crippen LogP contribution in [0.15, 0.2) is 5.38 Å². The zero-order valence-electron chi connectivity index (χ0n) is 11.2. The number of carboxylic acids is 1. The molecule has 0 saturated carbocycles. The van der Waals surface area contributed by atoms with Crippen molar-refractivity contribution in [3.05, 3.63) is 11.1 Å². The van der Waals surface area contributed by atoms with Crippen LogP contribution in [0.25, 0.3) is 0 Å². The predicted molar refractivity (Wildman–Crippen MR) is 75.6 cm³/mol. The van der Waals surface area contributed by atoms with Crippen molar-refractivity contribution in [2.24, 2.45) is 5.73 Å². The number of nitrogens with zero attached hydrogens (tertiary/aromatic N) is 3. The van der Waals surface area contributed by atoms with Crippen molar-refractivity contribution < 1.29 is 9.90 Å². The van der Waals surface area contributed by atoms with Crippen LogP contribution < -0.4 is 10.6 Å². The average molecular weight is 284 g/mol. The maximum Gasteiger partial charge on any atom is 0.326 e. The minimum Gasteiger partial charge on any atom is -0.480 e. The minimum absolute atomic E-state index is 0.444. The molecule has 19 heavy (non-hydrogen) atoms. The van der Waals surface area contributed by atoms with Crippen LogP contribution in [0, 0.1) is 0 Å². The maximum absolute atomic E-state index is 10.8. The standard InChI is InChI=1S/C12H20N4O2S/c1-3-8-6-16(5-4-15(8)2)12-14-9(7-19-12)10(13)11(17)18/h7-8,10H,3-6,13H2,1-2H3,(H,17,18). The lowest BCUT2D eigenvalue weighted by Crippen LogP contribution is -2.51. The molecule has 1 aromatic rings. The lowest BCUT2D eigenvalue weighted by Gasteiger charge is -2.39. The molecule has 6 nitrogen and oxygen atoms in total. The normalized spacial score (nSPS) is 22.5. The Hall–Kier alpha value is -1.18. The number of likely N-dealkylation sites (N-methyl/N-ethyl adjacent to an activating group) is 1. The maximum atomic E-state index is 10.8. The van der Waals surface area contributed by atoms with Gasteiger partial charge in [0.05, 0.1) is 5.69 Å². The second-order valence-corrected chi connectivity index (χ2v) is 5.70. The fourth-order valence-electron chi connectivity index (χ4n) is 2.25. The SMILES string of the molecule is CCC1CN(c2nc(C(N)C(=O)O)cs2)CCN1C. The minimum atomic E-state index is -1.04. The summed E-state index contributed by atoms with van der Waals surface area (Å²) in [4.78, 5) is 19.8. The van der Waals surface area contributed by atoms with Gasteiger partial charge in [0.1, 0.15) is 6.04 Å². The van der Waals surface area contributed by atoms with Crippen molar-refractivity contribution >= 4 is 22.4 Å². The molecule has 0 aliphatic carbocycles. The Labute approximate surface area is 116 Å². The fraction of sp³-hybridized carbons (Fsp3) is 0.667. The molecule has 2 rings (SSSR count). The predicted octanol–water partition coefficient (Wildman–Crippen LogP) is 0.758.